The zero-order valence-electron chi connectivity index (χ0n) is 20.1. The van der Waals surface area contributed by atoms with E-state index in [4.69, 9.17) is 19.3 Å². The standard InChI is InChI=1S/C28H27NO7/c1-17-19(14-35-16-26(30)31)11-18(13-27(32)34-2)12-25(17)29-28(33)36-15-24-22-9-5-3-7-20(22)21-8-4-6-10-23(21)24/h3-12,24H,13-16H2,1-2H3,(H,29,33)(H,30,31). The first-order chi connectivity index (χ1) is 17.4. The van der Waals surface area contributed by atoms with Crippen LogP contribution in [0.4, 0.5) is 10.5 Å². The number of benzene rings is 3. The number of ether oxygens (including phenoxy) is 3. The first kappa shape index (κ1) is 24.9. The molecule has 0 bridgehead atoms. The topological polar surface area (TPSA) is 111 Å². The van der Waals surface area contributed by atoms with Crippen molar-refractivity contribution in [2.45, 2.75) is 25.9 Å². The van der Waals surface area contributed by atoms with E-state index in [1.807, 2.05) is 36.4 Å². The van der Waals surface area contributed by atoms with Crippen LogP contribution in [0.25, 0.3) is 11.1 Å². The maximum atomic E-state index is 12.8. The van der Waals surface area contributed by atoms with Gasteiger partial charge in [-0.1, -0.05) is 54.6 Å². The quantitative estimate of drug-likeness (QED) is 0.420. The Bertz CT molecular complexity index is 1260. The number of hydrogen-bond donors (Lipinski definition) is 2. The van der Waals surface area contributed by atoms with Gasteiger partial charge in [-0.05, 0) is 51.9 Å². The van der Waals surface area contributed by atoms with E-state index in [0.29, 0.717) is 22.4 Å². The molecule has 2 N–H and O–H groups in total. The molecule has 36 heavy (non-hydrogen) atoms. The van der Waals surface area contributed by atoms with Crippen LogP contribution >= 0.6 is 0 Å². The molecule has 0 unspecified atom stereocenters. The number of nitrogens with one attached hydrogen (secondary N) is 1. The molecule has 1 aliphatic carbocycles. The van der Waals surface area contributed by atoms with Gasteiger partial charge < -0.3 is 19.3 Å². The van der Waals surface area contributed by atoms with Crippen LogP contribution in [-0.2, 0) is 36.8 Å². The van der Waals surface area contributed by atoms with E-state index in [1.54, 1.807) is 19.1 Å². The van der Waals surface area contributed by atoms with E-state index in [1.165, 1.54) is 7.11 Å². The summed E-state index contributed by atoms with van der Waals surface area (Å²) >= 11 is 0. The number of carbonyl (C=O) groups is 3. The van der Waals surface area contributed by atoms with Gasteiger partial charge in [0, 0.05) is 11.6 Å². The number of aliphatic carboxylic acids is 1. The molecule has 0 atom stereocenters. The third kappa shape index (κ3) is 5.55. The Morgan fingerprint density at radius 1 is 0.972 bits per heavy atom. The molecular formula is C28H27NO7. The Labute approximate surface area is 208 Å². The number of carboxylic acid groups (broad SMARTS) is 1. The monoisotopic (exact) mass is 489 g/mol. The van der Waals surface area contributed by atoms with Gasteiger partial charge in [0.05, 0.1) is 20.1 Å². The number of methoxy groups -OCH3 is 1. The van der Waals surface area contributed by atoms with Crippen LogP contribution in [-0.4, -0.2) is 43.5 Å². The fraction of sp³-hybridized carbons (Fsp3) is 0.250. The summed E-state index contributed by atoms with van der Waals surface area (Å²) in [4.78, 5) is 35.5. The van der Waals surface area contributed by atoms with Gasteiger partial charge in [0.15, 0.2) is 0 Å². The zero-order chi connectivity index (χ0) is 25.7. The maximum Gasteiger partial charge on any atom is 0.411 e. The molecule has 3 aromatic carbocycles. The van der Waals surface area contributed by atoms with Gasteiger partial charge in [0.25, 0.3) is 0 Å². The molecule has 8 nitrogen and oxygen atoms in total. The Balaban J connectivity index is 1.50. The molecular weight excluding hydrogens is 462 g/mol. The summed E-state index contributed by atoms with van der Waals surface area (Å²) in [6, 6.07) is 19.6. The van der Waals surface area contributed by atoms with E-state index < -0.39 is 24.6 Å². The SMILES string of the molecule is COC(=O)Cc1cc(COCC(=O)O)c(C)c(NC(=O)OCC2c3ccccc3-c3ccccc32)c1. The summed E-state index contributed by atoms with van der Waals surface area (Å²) in [5.74, 6) is -1.60. The molecule has 4 rings (SSSR count). The van der Waals surface area contributed by atoms with Crippen molar-refractivity contribution in [3.05, 3.63) is 88.5 Å². The van der Waals surface area contributed by atoms with E-state index >= 15 is 0 Å². The molecule has 0 spiro atoms. The van der Waals surface area contributed by atoms with Crippen molar-refractivity contribution in [2.75, 3.05) is 25.6 Å². The molecule has 3 aromatic rings. The highest BCUT2D eigenvalue weighted by molar-refractivity contribution is 5.87. The van der Waals surface area contributed by atoms with E-state index in [-0.39, 0.29) is 25.6 Å². The number of fused-ring (bicyclic) bond motifs is 3. The minimum atomic E-state index is -1.09. The minimum absolute atomic E-state index is 0.00646. The lowest BCUT2D eigenvalue weighted by atomic mass is 9.98. The summed E-state index contributed by atoms with van der Waals surface area (Å²) in [5.41, 5.74) is 6.87. The smallest absolute Gasteiger partial charge is 0.411 e. The fourth-order valence-corrected chi connectivity index (χ4v) is 4.45. The zero-order valence-corrected chi connectivity index (χ0v) is 20.1. The van der Waals surface area contributed by atoms with Gasteiger partial charge in [-0.2, -0.15) is 0 Å². The van der Waals surface area contributed by atoms with Crippen LogP contribution in [0.2, 0.25) is 0 Å². The summed E-state index contributed by atoms with van der Waals surface area (Å²) in [5, 5.41) is 11.6. The Kier molecular flexibility index (Phi) is 7.65. The number of anilines is 1. The second kappa shape index (κ2) is 11.0. The van der Waals surface area contributed by atoms with Crippen LogP contribution in [0.1, 0.15) is 33.7 Å². The molecule has 1 amide bonds. The van der Waals surface area contributed by atoms with Gasteiger partial charge in [-0.25, -0.2) is 9.59 Å². The second-order valence-corrected chi connectivity index (χ2v) is 8.52. The van der Waals surface area contributed by atoms with Gasteiger partial charge in [0.2, 0.25) is 0 Å². The first-order valence-corrected chi connectivity index (χ1v) is 11.5. The Morgan fingerprint density at radius 3 is 2.22 bits per heavy atom. The van der Waals surface area contributed by atoms with Crippen molar-refractivity contribution < 1.29 is 33.7 Å². The average Bonchev–Trinajstić information content (AvgIpc) is 3.18. The lowest BCUT2D eigenvalue weighted by molar-refractivity contribution is -0.142. The molecule has 8 heteroatoms. The van der Waals surface area contributed by atoms with Crippen molar-refractivity contribution >= 4 is 23.7 Å². The molecule has 0 saturated carbocycles. The summed E-state index contributed by atoms with van der Waals surface area (Å²) in [7, 11) is 1.29. The van der Waals surface area contributed by atoms with Crippen molar-refractivity contribution in [1.82, 2.24) is 0 Å². The lowest BCUT2D eigenvalue weighted by Crippen LogP contribution is -2.19. The highest BCUT2D eigenvalue weighted by Crippen LogP contribution is 2.44. The van der Waals surface area contributed by atoms with E-state index in [0.717, 1.165) is 22.3 Å². The molecule has 0 fully saturated rings. The molecule has 0 aromatic heterocycles. The fourth-order valence-electron chi connectivity index (χ4n) is 4.45. The van der Waals surface area contributed by atoms with Crippen LogP contribution < -0.4 is 5.32 Å². The highest BCUT2D eigenvalue weighted by Gasteiger charge is 2.29. The third-order valence-corrected chi connectivity index (χ3v) is 6.21. The van der Waals surface area contributed by atoms with Gasteiger partial charge >= 0.3 is 18.0 Å². The van der Waals surface area contributed by atoms with E-state index in [9.17, 15) is 14.4 Å². The number of hydrogen-bond acceptors (Lipinski definition) is 6. The average molecular weight is 490 g/mol. The molecule has 1 aliphatic rings. The van der Waals surface area contributed by atoms with Gasteiger partial charge in [-0.3, -0.25) is 10.1 Å². The predicted molar refractivity (Wildman–Crippen MR) is 133 cm³/mol. The molecule has 0 radical (unpaired) electrons. The molecule has 186 valence electrons. The largest absolute Gasteiger partial charge is 0.480 e. The number of carboxylic acids is 1. The van der Waals surface area contributed by atoms with E-state index in [2.05, 4.69) is 17.4 Å². The number of amides is 1. The normalized spacial score (nSPS) is 11.9. The van der Waals surface area contributed by atoms with Crippen LogP contribution in [0, 0.1) is 6.92 Å². The second-order valence-electron chi connectivity index (χ2n) is 8.52. The summed E-state index contributed by atoms with van der Waals surface area (Å²) in [6.45, 7) is 1.48. The van der Waals surface area contributed by atoms with Crippen molar-refractivity contribution in [1.29, 1.82) is 0 Å². The van der Waals surface area contributed by atoms with Crippen LogP contribution in [0.3, 0.4) is 0 Å². The Morgan fingerprint density at radius 2 is 1.61 bits per heavy atom. The number of carbonyl (C=O) groups excluding carboxylic acids is 2. The summed E-state index contributed by atoms with van der Waals surface area (Å²) < 4.78 is 15.6. The number of rotatable bonds is 9. The third-order valence-electron chi connectivity index (χ3n) is 6.21. The van der Waals surface area contributed by atoms with Crippen molar-refractivity contribution in [3.63, 3.8) is 0 Å². The summed E-state index contributed by atoms with van der Waals surface area (Å²) in [6.07, 6.45) is -0.644. The molecule has 0 aliphatic heterocycles. The van der Waals surface area contributed by atoms with Gasteiger partial charge in [-0.15, -0.1) is 0 Å². The highest BCUT2D eigenvalue weighted by atomic mass is 16.5. The van der Waals surface area contributed by atoms with Gasteiger partial charge in [0.1, 0.15) is 13.2 Å². The minimum Gasteiger partial charge on any atom is -0.480 e. The van der Waals surface area contributed by atoms with Crippen LogP contribution in [0.5, 0.6) is 0 Å². The van der Waals surface area contributed by atoms with Crippen LogP contribution in [0.15, 0.2) is 60.7 Å². The number of esters is 1. The maximum absolute atomic E-state index is 12.8. The van der Waals surface area contributed by atoms with Crippen molar-refractivity contribution in [3.8, 4) is 11.1 Å². The Hall–Kier alpha value is -4.17. The molecule has 0 heterocycles. The lowest BCUT2D eigenvalue weighted by Gasteiger charge is -2.17. The first-order valence-electron chi connectivity index (χ1n) is 11.5. The predicted octanol–water partition coefficient (Wildman–Crippen LogP) is 4.67. The molecule has 0 saturated heterocycles. The van der Waals surface area contributed by atoms with Crippen molar-refractivity contribution in [2.24, 2.45) is 0 Å².